The van der Waals surface area contributed by atoms with Crippen molar-refractivity contribution < 1.29 is 14.1 Å². The van der Waals surface area contributed by atoms with Crippen LogP contribution in [0.4, 0.5) is 15.8 Å². The molecule has 0 spiro atoms. The lowest BCUT2D eigenvalue weighted by Crippen LogP contribution is -2.12. The van der Waals surface area contributed by atoms with Gasteiger partial charge in [0, 0.05) is 17.3 Å². The number of nitro benzene ring substituents is 1. The molecule has 5 nitrogen and oxygen atoms in total. The van der Waals surface area contributed by atoms with Crippen LogP contribution >= 0.6 is 0 Å². The Hall–Kier alpha value is -2.76. The zero-order chi connectivity index (χ0) is 16.3. The standard InChI is InChI=1S/C16H15FN2O3/c1-10(2)11-3-5-12(6-4-11)16(20)18-13-7-8-14(17)15(9-13)19(21)22/h3-10H,1-2H3,(H,18,20). The van der Waals surface area contributed by atoms with Gasteiger partial charge in [0.15, 0.2) is 0 Å². The van der Waals surface area contributed by atoms with E-state index < -0.39 is 22.3 Å². The predicted molar refractivity (Wildman–Crippen MR) is 81.5 cm³/mol. The molecular weight excluding hydrogens is 287 g/mol. The fourth-order valence-corrected chi connectivity index (χ4v) is 1.95. The summed E-state index contributed by atoms with van der Waals surface area (Å²) in [7, 11) is 0. The van der Waals surface area contributed by atoms with Gasteiger partial charge in [-0.15, -0.1) is 0 Å². The third-order valence-electron chi connectivity index (χ3n) is 3.24. The van der Waals surface area contributed by atoms with E-state index in [4.69, 9.17) is 0 Å². The fourth-order valence-electron chi connectivity index (χ4n) is 1.95. The van der Waals surface area contributed by atoms with Gasteiger partial charge >= 0.3 is 5.69 Å². The lowest BCUT2D eigenvalue weighted by atomic mass is 10.0. The highest BCUT2D eigenvalue weighted by Gasteiger charge is 2.15. The van der Waals surface area contributed by atoms with Gasteiger partial charge in [-0.2, -0.15) is 4.39 Å². The van der Waals surface area contributed by atoms with Crippen molar-refractivity contribution in [1.82, 2.24) is 0 Å². The van der Waals surface area contributed by atoms with Gasteiger partial charge in [0.25, 0.3) is 5.91 Å². The second-order valence-electron chi connectivity index (χ2n) is 5.15. The van der Waals surface area contributed by atoms with Gasteiger partial charge in [0.05, 0.1) is 4.92 Å². The molecule has 0 aliphatic rings. The first-order chi connectivity index (χ1) is 10.4. The molecule has 0 radical (unpaired) electrons. The molecule has 0 aliphatic carbocycles. The minimum absolute atomic E-state index is 0.172. The van der Waals surface area contributed by atoms with Crippen LogP contribution in [0.15, 0.2) is 42.5 Å². The number of carbonyl (C=O) groups is 1. The number of anilines is 1. The van der Waals surface area contributed by atoms with Gasteiger partial charge in [0.2, 0.25) is 5.82 Å². The zero-order valence-corrected chi connectivity index (χ0v) is 12.2. The van der Waals surface area contributed by atoms with Crippen molar-refractivity contribution >= 4 is 17.3 Å². The molecule has 0 unspecified atom stereocenters. The molecule has 2 rings (SSSR count). The van der Waals surface area contributed by atoms with E-state index in [0.29, 0.717) is 11.5 Å². The third-order valence-corrected chi connectivity index (χ3v) is 3.24. The quantitative estimate of drug-likeness (QED) is 0.682. The molecule has 0 bridgehead atoms. The first-order valence-electron chi connectivity index (χ1n) is 6.73. The van der Waals surface area contributed by atoms with Crippen LogP contribution in [0.2, 0.25) is 0 Å². The number of benzene rings is 2. The van der Waals surface area contributed by atoms with Crippen molar-refractivity contribution in [1.29, 1.82) is 0 Å². The molecule has 0 heterocycles. The summed E-state index contributed by atoms with van der Waals surface area (Å²) in [6.07, 6.45) is 0. The molecule has 2 aromatic carbocycles. The van der Waals surface area contributed by atoms with Crippen LogP contribution in [0.1, 0.15) is 35.7 Å². The van der Waals surface area contributed by atoms with E-state index in [1.54, 1.807) is 12.1 Å². The topological polar surface area (TPSA) is 72.2 Å². The summed E-state index contributed by atoms with van der Waals surface area (Å²) in [5.74, 6) is -0.989. The fraction of sp³-hybridized carbons (Fsp3) is 0.188. The van der Waals surface area contributed by atoms with Gasteiger partial charge in [0.1, 0.15) is 0 Å². The number of amides is 1. The van der Waals surface area contributed by atoms with Crippen LogP contribution in [0, 0.1) is 15.9 Å². The van der Waals surface area contributed by atoms with E-state index in [-0.39, 0.29) is 5.69 Å². The Morgan fingerprint density at radius 2 is 1.82 bits per heavy atom. The Balaban J connectivity index is 2.18. The number of nitrogens with one attached hydrogen (secondary N) is 1. The molecule has 22 heavy (non-hydrogen) atoms. The number of carbonyl (C=O) groups excluding carboxylic acids is 1. The lowest BCUT2D eigenvalue weighted by Gasteiger charge is -2.08. The van der Waals surface area contributed by atoms with Crippen molar-refractivity contribution in [2.24, 2.45) is 0 Å². The minimum atomic E-state index is -0.940. The van der Waals surface area contributed by atoms with Gasteiger partial charge in [-0.05, 0) is 35.7 Å². The SMILES string of the molecule is CC(C)c1ccc(C(=O)Nc2ccc(F)c([N+](=O)[O-])c2)cc1. The molecule has 114 valence electrons. The van der Waals surface area contributed by atoms with Crippen molar-refractivity contribution in [3.05, 3.63) is 69.5 Å². The molecule has 2 aromatic rings. The third kappa shape index (κ3) is 3.46. The van der Waals surface area contributed by atoms with Crippen molar-refractivity contribution in [2.75, 3.05) is 5.32 Å². The largest absolute Gasteiger partial charge is 0.322 e. The summed E-state index contributed by atoms with van der Waals surface area (Å²) in [4.78, 5) is 21.9. The van der Waals surface area contributed by atoms with E-state index in [2.05, 4.69) is 5.32 Å². The molecule has 0 aromatic heterocycles. The number of hydrogen-bond acceptors (Lipinski definition) is 3. The Bertz CT molecular complexity index is 712. The predicted octanol–water partition coefficient (Wildman–Crippen LogP) is 4.11. The first kappa shape index (κ1) is 15.6. The van der Waals surface area contributed by atoms with Crippen LogP contribution < -0.4 is 5.32 Å². The summed E-state index contributed by atoms with van der Waals surface area (Å²) in [6, 6.07) is 10.3. The highest BCUT2D eigenvalue weighted by molar-refractivity contribution is 6.04. The van der Waals surface area contributed by atoms with Crippen LogP contribution in [-0.2, 0) is 0 Å². The maximum Gasteiger partial charge on any atom is 0.306 e. The lowest BCUT2D eigenvalue weighted by molar-refractivity contribution is -0.387. The second kappa shape index (κ2) is 6.34. The summed E-state index contributed by atoms with van der Waals surface area (Å²) >= 11 is 0. The maximum atomic E-state index is 13.2. The summed E-state index contributed by atoms with van der Waals surface area (Å²) in [5, 5.41) is 13.2. The molecule has 0 atom stereocenters. The molecule has 0 aliphatic heterocycles. The number of nitro groups is 1. The Morgan fingerprint density at radius 1 is 1.18 bits per heavy atom. The van der Waals surface area contributed by atoms with E-state index in [1.807, 2.05) is 26.0 Å². The number of halogens is 1. The monoisotopic (exact) mass is 302 g/mol. The van der Waals surface area contributed by atoms with Crippen molar-refractivity contribution in [3.63, 3.8) is 0 Å². The van der Waals surface area contributed by atoms with Gasteiger partial charge in [-0.3, -0.25) is 14.9 Å². The minimum Gasteiger partial charge on any atom is -0.322 e. The Morgan fingerprint density at radius 3 is 2.36 bits per heavy atom. The van der Waals surface area contributed by atoms with Crippen LogP contribution in [0.5, 0.6) is 0 Å². The number of rotatable bonds is 4. The summed E-state index contributed by atoms with van der Waals surface area (Å²) in [6.45, 7) is 4.10. The first-order valence-corrected chi connectivity index (χ1v) is 6.73. The van der Waals surface area contributed by atoms with Crippen LogP contribution in [0.3, 0.4) is 0 Å². The Kier molecular flexibility index (Phi) is 4.50. The van der Waals surface area contributed by atoms with Crippen molar-refractivity contribution in [2.45, 2.75) is 19.8 Å². The van der Waals surface area contributed by atoms with E-state index in [1.165, 1.54) is 6.07 Å². The van der Waals surface area contributed by atoms with Crippen molar-refractivity contribution in [3.8, 4) is 0 Å². The number of hydrogen-bond donors (Lipinski definition) is 1. The average molecular weight is 302 g/mol. The summed E-state index contributed by atoms with van der Waals surface area (Å²) < 4.78 is 13.2. The molecule has 6 heteroatoms. The van der Waals surface area contributed by atoms with Crippen LogP contribution in [-0.4, -0.2) is 10.8 Å². The molecule has 1 N–H and O–H groups in total. The normalized spacial score (nSPS) is 10.5. The second-order valence-corrected chi connectivity index (χ2v) is 5.15. The van der Waals surface area contributed by atoms with Gasteiger partial charge in [-0.1, -0.05) is 26.0 Å². The maximum absolute atomic E-state index is 13.2. The highest BCUT2D eigenvalue weighted by atomic mass is 19.1. The molecule has 0 fully saturated rings. The summed E-state index contributed by atoms with van der Waals surface area (Å²) in [5.41, 5.74) is 1.03. The van der Waals surface area contributed by atoms with E-state index in [0.717, 1.165) is 17.7 Å². The molecule has 1 amide bonds. The van der Waals surface area contributed by atoms with Crippen LogP contribution in [0.25, 0.3) is 0 Å². The van der Waals surface area contributed by atoms with E-state index >= 15 is 0 Å². The van der Waals surface area contributed by atoms with Gasteiger partial charge in [-0.25, -0.2) is 0 Å². The Labute approximate surface area is 126 Å². The molecule has 0 saturated heterocycles. The highest BCUT2D eigenvalue weighted by Crippen LogP contribution is 2.22. The molecular formula is C16H15FN2O3. The number of nitrogens with zero attached hydrogens (tertiary/aromatic N) is 1. The van der Waals surface area contributed by atoms with E-state index in [9.17, 15) is 19.3 Å². The zero-order valence-electron chi connectivity index (χ0n) is 12.2. The molecule has 0 saturated carbocycles. The smallest absolute Gasteiger partial charge is 0.306 e. The average Bonchev–Trinajstić information content (AvgIpc) is 2.49. The van der Waals surface area contributed by atoms with Gasteiger partial charge < -0.3 is 5.32 Å².